The summed E-state index contributed by atoms with van der Waals surface area (Å²) in [5, 5.41) is 21.9. The maximum atomic E-state index is 12.2. The Morgan fingerprint density at radius 3 is 2.47 bits per heavy atom. The van der Waals surface area contributed by atoms with Crippen molar-refractivity contribution in [3.63, 3.8) is 0 Å². The number of nitro groups is 1. The summed E-state index contributed by atoms with van der Waals surface area (Å²) in [6.45, 7) is 5.46. The van der Waals surface area contributed by atoms with Crippen LogP contribution in [0, 0.1) is 16.0 Å². The number of hydrogen-bond donors (Lipinski definition) is 1. The van der Waals surface area contributed by atoms with Gasteiger partial charge in [-0.15, -0.1) is 0 Å². The summed E-state index contributed by atoms with van der Waals surface area (Å²) in [6.07, 6.45) is 3.28. The lowest BCUT2D eigenvalue weighted by Gasteiger charge is -2.43. The minimum Gasteiger partial charge on any atom is -0.389 e. The van der Waals surface area contributed by atoms with E-state index in [0.29, 0.717) is 32.1 Å². The molecule has 0 saturated heterocycles. The highest BCUT2D eigenvalue weighted by molar-refractivity contribution is 5.82. The van der Waals surface area contributed by atoms with E-state index < -0.39 is 17.1 Å². The van der Waals surface area contributed by atoms with Crippen molar-refractivity contribution in [2.75, 3.05) is 0 Å². The molecule has 0 radical (unpaired) electrons. The Balaban J connectivity index is 2.98. The smallest absolute Gasteiger partial charge is 0.220 e. The first-order chi connectivity index (χ1) is 8.79. The van der Waals surface area contributed by atoms with Crippen molar-refractivity contribution < 1.29 is 14.8 Å². The van der Waals surface area contributed by atoms with E-state index in [9.17, 15) is 20.0 Å². The average molecular weight is 271 g/mol. The van der Waals surface area contributed by atoms with Crippen molar-refractivity contribution in [1.82, 2.24) is 0 Å². The summed E-state index contributed by atoms with van der Waals surface area (Å²) < 4.78 is 0. The van der Waals surface area contributed by atoms with Crippen LogP contribution < -0.4 is 0 Å². The monoisotopic (exact) mass is 271 g/mol. The Labute approximate surface area is 114 Å². The second kappa shape index (κ2) is 5.99. The van der Waals surface area contributed by atoms with Gasteiger partial charge < -0.3 is 5.11 Å². The molecule has 3 atom stereocenters. The van der Waals surface area contributed by atoms with Crippen LogP contribution in [0.2, 0.25) is 0 Å². The molecule has 1 aliphatic carbocycles. The molecule has 1 saturated carbocycles. The van der Waals surface area contributed by atoms with Gasteiger partial charge in [0.05, 0.1) is 11.5 Å². The van der Waals surface area contributed by atoms with E-state index in [-0.39, 0.29) is 17.1 Å². The Bertz CT molecular complexity index is 357. The van der Waals surface area contributed by atoms with Gasteiger partial charge in [0.2, 0.25) is 5.54 Å². The maximum absolute atomic E-state index is 12.2. The van der Waals surface area contributed by atoms with Crippen molar-refractivity contribution in [2.45, 2.75) is 76.9 Å². The van der Waals surface area contributed by atoms with Gasteiger partial charge in [0.1, 0.15) is 5.78 Å². The minimum absolute atomic E-state index is 0.0220. The highest BCUT2D eigenvalue weighted by Crippen LogP contribution is 2.44. The first-order valence-corrected chi connectivity index (χ1v) is 7.18. The van der Waals surface area contributed by atoms with Crippen LogP contribution in [0.5, 0.6) is 0 Å². The van der Waals surface area contributed by atoms with Crippen molar-refractivity contribution in [2.24, 2.45) is 5.92 Å². The lowest BCUT2D eigenvalue weighted by molar-refractivity contribution is -0.573. The van der Waals surface area contributed by atoms with Crippen LogP contribution in [0.1, 0.15) is 65.7 Å². The number of hydrogen-bond acceptors (Lipinski definition) is 4. The highest BCUT2D eigenvalue weighted by Gasteiger charge is 2.54. The van der Waals surface area contributed by atoms with E-state index >= 15 is 0 Å². The van der Waals surface area contributed by atoms with Crippen molar-refractivity contribution in [3.05, 3.63) is 10.1 Å². The van der Waals surface area contributed by atoms with Gasteiger partial charge in [-0.05, 0) is 19.3 Å². The molecule has 0 aliphatic heterocycles. The molecule has 0 heterocycles. The zero-order chi connectivity index (χ0) is 14.7. The van der Waals surface area contributed by atoms with Gasteiger partial charge in [-0.2, -0.15) is 0 Å². The van der Waals surface area contributed by atoms with Crippen LogP contribution in [-0.2, 0) is 4.79 Å². The van der Waals surface area contributed by atoms with Crippen LogP contribution in [0.4, 0.5) is 0 Å². The Hall–Kier alpha value is -0.970. The molecule has 19 heavy (non-hydrogen) atoms. The number of rotatable bonds is 6. The normalized spacial score (nSPS) is 35.1. The molecule has 1 fully saturated rings. The molecule has 5 heteroatoms. The topological polar surface area (TPSA) is 80.4 Å². The number of aliphatic hydroxyl groups is 1. The second-order valence-corrected chi connectivity index (χ2v) is 6.08. The zero-order valence-electron chi connectivity index (χ0n) is 12.1. The molecule has 0 amide bonds. The van der Waals surface area contributed by atoms with E-state index in [0.717, 1.165) is 6.42 Å². The first-order valence-electron chi connectivity index (χ1n) is 7.18. The molecule has 1 rings (SSSR count). The highest BCUT2D eigenvalue weighted by atomic mass is 16.6. The Morgan fingerprint density at radius 2 is 2.00 bits per heavy atom. The van der Waals surface area contributed by atoms with Gasteiger partial charge in [0, 0.05) is 31.1 Å². The molecular formula is C14H25NO4. The molecule has 5 nitrogen and oxygen atoms in total. The van der Waals surface area contributed by atoms with Crippen molar-refractivity contribution in [1.29, 1.82) is 0 Å². The van der Waals surface area contributed by atoms with Gasteiger partial charge in [-0.1, -0.05) is 20.3 Å². The summed E-state index contributed by atoms with van der Waals surface area (Å²) in [5.74, 6) is -0.609. The second-order valence-electron chi connectivity index (χ2n) is 6.08. The predicted molar refractivity (Wildman–Crippen MR) is 72.5 cm³/mol. The number of nitrogens with zero attached hydrogens (tertiary/aromatic N) is 1. The summed E-state index contributed by atoms with van der Waals surface area (Å²) in [7, 11) is 0. The zero-order valence-corrected chi connectivity index (χ0v) is 12.1. The van der Waals surface area contributed by atoms with E-state index in [2.05, 4.69) is 0 Å². The molecular weight excluding hydrogens is 246 g/mol. The molecule has 0 spiro atoms. The molecule has 1 aliphatic rings. The first kappa shape index (κ1) is 16.1. The van der Waals surface area contributed by atoms with Crippen LogP contribution in [0.25, 0.3) is 0 Å². The standard InChI is InChI=1S/C14H25NO4/c1-4-6-12(16)11-10-13(3,15(18)19)8-9-14(11,17)7-5-2/h11,17H,4-10H2,1-3H3/t11-,13-,14+/m1/s1. The maximum Gasteiger partial charge on any atom is 0.220 e. The van der Waals surface area contributed by atoms with Gasteiger partial charge >= 0.3 is 0 Å². The summed E-state index contributed by atoms with van der Waals surface area (Å²) in [5.41, 5.74) is -2.12. The summed E-state index contributed by atoms with van der Waals surface area (Å²) in [6, 6.07) is 0. The quantitative estimate of drug-likeness (QED) is 0.595. The number of carbonyl (C=O) groups is 1. The number of Topliss-reactive ketones (excluding diaryl/α,β-unsaturated/α-hetero) is 1. The van der Waals surface area contributed by atoms with E-state index in [1.54, 1.807) is 6.92 Å². The lowest BCUT2D eigenvalue weighted by Crippen LogP contribution is -2.54. The van der Waals surface area contributed by atoms with Gasteiger partial charge in [-0.25, -0.2) is 0 Å². The van der Waals surface area contributed by atoms with Crippen molar-refractivity contribution in [3.8, 4) is 0 Å². The van der Waals surface area contributed by atoms with Crippen LogP contribution in [0.3, 0.4) is 0 Å². The van der Waals surface area contributed by atoms with Gasteiger partial charge in [0.15, 0.2) is 0 Å². The van der Waals surface area contributed by atoms with Crippen LogP contribution >= 0.6 is 0 Å². The number of carbonyl (C=O) groups excluding carboxylic acids is 1. The number of ketones is 1. The molecule has 0 aromatic heterocycles. The van der Waals surface area contributed by atoms with Gasteiger partial charge in [0.25, 0.3) is 0 Å². The predicted octanol–water partition coefficient (Wildman–Crippen LogP) is 2.72. The van der Waals surface area contributed by atoms with Crippen LogP contribution in [-0.4, -0.2) is 27.0 Å². The minimum atomic E-state index is -1.08. The Morgan fingerprint density at radius 1 is 1.37 bits per heavy atom. The van der Waals surface area contributed by atoms with E-state index in [1.165, 1.54) is 0 Å². The van der Waals surface area contributed by atoms with E-state index in [1.807, 2.05) is 13.8 Å². The fourth-order valence-electron chi connectivity index (χ4n) is 3.12. The van der Waals surface area contributed by atoms with Crippen molar-refractivity contribution >= 4 is 5.78 Å². The third-order valence-electron chi connectivity index (χ3n) is 4.40. The third kappa shape index (κ3) is 3.32. The lowest BCUT2D eigenvalue weighted by atomic mass is 9.64. The third-order valence-corrected chi connectivity index (χ3v) is 4.40. The average Bonchev–Trinajstić information content (AvgIpc) is 2.33. The molecule has 0 aromatic rings. The summed E-state index contributed by atoms with van der Waals surface area (Å²) >= 11 is 0. The molecule has 0 bridgehead atoms. The fraction of sp³-hybridized carbons (Fsp3) is 0.929. The SMILES string of the molecule is CCCC(=O)[C@H]1C[C@](C)([N+](=O)[O-])CC[C@@]1(O)CCC. The van der Waals surface area contributed by atoms with E-state index in [4.69, 9.17) is 0 Å². The summed E-state index contributed by atoms with van der Waals surface area (Å²) in [4.78, 5) is 23.1. The Kier molecular flexibility index (Phi) is 5.07. The largest absolute Gasteiger partial charge is 0.389 e. The molecule has 0 unspecified atom stereocenters. The van der Waals surface area contributed by atoms with Crippen LogP contribution in [0.15, 0.2) is 0 Å². The molecule has 110 valence electrons. The van der Waals surface area contributed by atoms with Gasteiger partial charge in [-0.3, -0.25) is 14.9 Å². The fourth-order valence-corrected chi connectivity index (χ4v) is 3.12. The molecule has 1 N–H and O–H groups in total. The molecule has 0 aromatic carbocycles.